The molecule has 0 unspecified atom stereocenters. The van der Waals surface area contributed by atoms with Crippen LogP contribution >= 0.6 is 0 Å². The minimum Gasteiger partial charge on any atom is -0.342 e. The van der Waals surface area contributed by atoms with Crippen molar-refractivity contribution in [3.05, 3.63) is 35.6 Å². The molecule has 1 saturated carbocycles. The molecule has 1 aliphatic carbocycles. The van der Waals surface area contributed by atoms with E-state index in [2.05, 4.69) is 17.1 Å². The summed E-state index contributed by atoms with van der Waals surface area (Å²) >= 11 is 0. The van der Waals surface area contributed by atoms with Gasteiger partial charge in [0, 0.05) is 13.1 Å². The standard InChI is InChI=1S/C20H29FN2O/c1-2-22-15-16-9-13-23(14-10-16)19(24)20(11-3-4-12-20)17-5-7-18(21)8-6-17/h5-8,16,22H,2-4,9-15H2,1H3. The van der Waals surface area contributed by atoms with Crippen molar-refractivity contribution < 1.29 is 9.18 Å². The number of hydrogen-bond acceptors (Lipinski definition) is 2. The molecule has 1 amide bonds. The van der Waals surface area contributed by atoms with Crippen molar-refractivity contribution in [3.63, 3.8) is 0 Å². The Labute approximate surface area is 144 Å². The van der Waals surface area contributed by atoms with E-state index in [4.69, 9.17) is 0 Å². The Morgan fingerprint density at radius 1 is 1.21 bits per heavy atom. The van der Waals surface area contributed by atoms with Gasteiger partial charge in [0.05, 0.1) is 5.41 Å². The molecule has 24 heavy (non-hydrogen) atoms. The molecule has 4 heteroatoms. The highest BCUT2D eigenvalue weighted by Crippen LogP contribution is 2.43. The summed E-state index contributed by atoms with van der Waals surface area (Å²) in [5.41, 5.74) is 0.587. The van der Waals surface area contributed by atoms with Crippen LogP contribution < -0.4 is 5.32 Å². The van der Waals surface area contributed by atoms with Crippen LogP contribution in [0.15, 0.2) is 24.3 Å². The molecule has 132 valence electrons. The van der Waals surface area contributed by atoms with Gasteiger partial charge in [0.2, 0.25) is 5.91 Å². The fourth-order valence-corrected chi connectivity index (χ4v) is 4.36. The summed E-state index contributed by atoms with van der Waals surface area (Å²) in [5, 5.41) is 3.42. The third-order valence-corrected chi connectivity index (χ3v) is 5.85. The Balaban J connectivity index is 1.71. The van der Waals surface area contributed by atoms with Crippen molar-refractivity contribution in [1.29, 1.82) is 0 Å². The van der Waals surface area contributed by atoms with Crippen LogP contribution in [0.2, 0.25) is 0 Å². The van der Waals surface area contributed by atoms with Crippen LogP contribution in [0.3, 0.4) is 0 Å². The SMILES string of the molecule is CCNCC1CCN(C(=O)C2(c3ccc(F)cc3)CCCC2)CC1. The summed E-state index contributed by atoms with van der Waals surface area (Å²) in [5.74, 6) is 0.719. The zero-order valence-corrected chi connectivity index (χ0v) is 14.7. The normalized spacial score (nSPS) is 21.2. The first-order valence-electron chi connectivity index (χ1n) is 9.42. The van der Waals surface area contributed by atoms with Crippen molar-refractivity contribution in [2.45, 2.75) is 50.9 Å². The second kappa shape index (κ2) is 7.64. The quantitative estimate of drug-likeness (QED) is 0.895. The molecule has 0 aromatic heterocycles. The molecule has 1 aromatic rings. The molecule has 1 aromatic carbocycles. The van der Waals surface area contributed by atoms with E-state index in [0.29, 0.717) is 5.92 Å². The summed E-state index contributed by atoms with van der Waals surface area (Å²) in [4.78, 5) is 15.4. The zero-order chi connectivity index (χ0) is 17.0. The predicted molar refractivity (Wildman–Crippen MR) is 94.4 cm³/mol. The number of carbonyl (C=O) groups excluding carboxylic acids is 1. The Morgan fingerprint density at radius 3 is 2.42 bits per heavy atom. The van der Waals surface area contributed by atoms with E-state index in [1.165, 1.54) is 12.1 Å². The molecule has 0 atom stereocenters. The van der Waals surface area contributed by atoms with E-state index in [0.717, 1.165) is 70.3 Å². The van der Waals surface area contributed by atoms with E-state index in [-0.39, 0.29) is 11.7 Å². The average molecular weight is 332 g/mol. The minimum atomic E-state index is -0.414. The number of likely N-dealkylation sites (tertiary alicyclic amines) is 1. The van der Waals surface area contributed by atoms with Crippen molar-refractivity contribution in [2.24, 2.45) is 5.92 Å². The fourth-order valence-electron chi connectivity index (χ4n) is 4.36. The summed E-state index contributed by atoms with van der Waals surface area (Å²) in [6, 6.07) is 6.61. The Kier molecular flexibility index (Phi) is 5.54. The lowest BCUT2D eigenvalue weighted by atomic mass is 9.77. The summed E-state index contributed by atoms with van der Waals surface area (Å²) in [7, 11) is 0. The largest absolute Gasteiger partial charge is 0.342 e. The van der Waals surface area contributed by atoms with Gasteiger partial charge in [-0.3, -0.25) is 4.79 Å². The smallest absolute Gasteiger partial charge is 0.233 e. The van der Waals surface area contributed by atoms with Gasteiger partial charge >= 0.3 is 0 Å². The van der Waals surface area contributed by atoms with Gasteiger partial charge in [-0.1, -0.05) is 31.9 Å². The first-order chi connectivity index (χ1) is 11.7. The topological polar surface area (TPSA) is 32.3 Å². The maximum atomic E-state index is 13.3. The molecular formula is C20H29FN2O. The Bertz CT molecular complexity index is 543. The first-order valence-corrected chi connectivity index (χ1v) is 9.42. The molecule has 0 spiro atoms. The number of benzene rings is 1. The highest BCUT2D eigenvalue weighted by Gasteiger charge is 2.45. The van der Waals surface area contributed by atoms with E-state index in [1.54, 1.807) is 0 Å². The van der Waals surface area contributed by atoms with Gasteiger partial charge < -0.3 is 10.2 Å². The van der Waals surface area contributed by atoms with Gasteiger partial charge in [-0.2, -0.15) is 0 Å². The highest BCUT2D eigenvalue weighted by atomic mass is 19.1. The third kappa shape index (κ3) is 3.49. The number of piperidine rings is 1. The lowest BCUT2D eigenvalue weighted by Gasteiger charge is -2.39. The molecule has 1 aliphatic heterocycles. The van der Waals surface area contributed by atoms with Crippen molar-refractivity contribution >= 4 is 5.91 Å². The number of amides is 1. The molecule has 3 nitrogen and oxygen atoms in total. The van der Waals surface area contributed by atoms with Crippen LogP contribution in [-0.4, -0.2) is 37.0 Å². The summed E-state index contributed by atoms with van der Waals surface area (Å²) < 4.78 is 13.3. The van der Waals surface area contributed by atoms with Crippen LogP contribution in [0.5, 0.6) is 0 Å². The molecule has 1 N–H and O–H groups in total. The Hall–Kier alpha value is -1.42. The van der Waals surface area contributed by atoms with Crippen molar-refractivity contribution in [2.75, 3.05) is 26.2 Å². The molecule has 2 aliphatic rings. The van der Waals surface area contributed by atoms with Crippen molar-refractivity contribution in [3.8, 4) is 0 Å². The third-order valence-electron chi connectivity index (χ3n) is 5.85. The minimum absolute atomic E-state index is 0.233. The zero-order valence-electron chi connectivity index (χ0n) is 14.7. The molecule has 1 saturated heterocycles. The summed E-state index contributed by atoms with van der Waals surface area (Å²) in [6.45, 7) is 5.91. The van der Waals surface area contributed by atoms with Crippen LogP contribution in [0.4, 0.5) is 4.39 Å². The van der Waals surface area contributed by atoms with Crippen molar-refractivity contribution in [1.82, 2.24) is 10.2 Å². The first kappa shape index (κ1) is 17.4. The number of hydrogen-bond donors (Lipinski definition) is 1. The van der Waals surface area contributed by atoms with Gasteiger partial charge in [-0.25, -0.2) is 4.39 Å². The summed E-state index contributed by atoms with van der Waals surface area (Å²) in [6.07, 6.45) is 6.13. The van der Waals surface area contributed by atoms with E-state index < -0.39 is 5.41 Å². The predicted octanol–water partition coefficient (Wildman–Crippen LogP) is 3.49. The molecular weight excluding hydrogens is 303 g/mol. The van der Waals surface area contributed by atoms with Gasteiger partial charge in [-0.05, 0) is 62.4 Å². The fraction of sp³-hybridized carbons (Fsp3) is 0.650. The monoisotopic (exact) mass is 332 g/mol. The van der Waals surface area contributed by atoms with E-state index >= 15 is 0 Å². The van der Waals surface area contributed by atoms with E-state index in [1.807, 2.05) is 12.1 Å². The number of nitrogens with zero attached hydrogens (tertiary/aromatic N) is 1. The lowest BCUT2D eigenvalue weighted by Crippen LogP contribution is -2.49. The molecule has 1 heterocycles. The molecule has 2 fully saturated rings. The number of rotatable bonds is 5. The Morgan fingerprint density at radius 2 is 1.83 bits per heavy atom. The second-order valence-electron chi connectivity index (χ2n) is 7.34. The highest BCUT2D eigenvalue weighted by molar-refractivity contribution is 5.88. The lowest BCUT2D eigenvalue weighted by molar-refractivity contribution is -0.138. The number of nitrogens with one attached hydrogen (secondary N) is 1. The average Bonchev–Trinajstić information content (AvgIpc) is 3.11. The van der Waals surface area contributed by atoms with Gasteiger partial charge in [0.15, 0.2) is 0 Å². The maximum absolute atomic E-state index is 13.3. The van der Waals surface area contributed by atoms with Crippen LogP contribution in [-0.2, 0) is 10.2 Å². The van der Waals surface area contributed by atoms with Crippen LogP contribution in [0.25, 0.3) is 0 Å². The van der Waals surface area contributed by atoms with Crippen LogP contribution in [0.1, 0.15) is 51.0 Å². The number of carbonyl (C=O) groups is 1. The molecule has 3 rings (SSSR count). The molecule has 0 radical (unpaired) electrons. The van der Waals surface area contributed by atoms with Gasteiger partial charge in [0.1, 0.15) is 5.82 Å². The molecule has 0 bridgehead atoms. The van der Waals surface area contributed by atoms with E-state index in [9.17, 15) is 9.18 Å². The van der Waals surface area contributed by atoms with Gasteiger partial charge in [-0.15, -0.1) is 0 Å². The van der Waals surface area contributed by atoms with Gasteiger partial charge in [0.25, 0.3) is 0 Å². The number of halogens is 1. The second-order valence-corrected chi connectivity index (χ2v) is 7.34. The van der Waals surface area contributed by atoms with Crippen LogP contribution in [0, 0.1) is 11.7 Å². The maximum Gasteiger partial charge on any atom is 0.233 e.